The fraction of sp³-hybridized carbons (Fsp3) is 0.235. The summed E-state index contributed by atoms with van der Waals surface area (Å²) in [6.45, 7) is 1.93. The van der Waals surface area contributed by atoms with E-state index >= 15 is 0 Å². The normalized spacial score (nSPS) is 10.2. The third kappa shape index (κ3) is 4.81. The van der Waals surface area contributed by atoms with Gasteiger partial charge in [0.1, 0.15) is 6.54 Å². The van der Waals surface area contributed by atoms with Crippen molar-refractivity contribution in [2.45, 2.75) is 20.0 Å². The molecule has 2 aromatic rings. The van der Waals surface area contributed by atoms with Crippen LogP contribution in [0.2, 0.25) is 0 Å². The molecule has 0 aliphatic heterocycles. The van der Waals surface area contributed by atoms with E-state index in [9.17, 15) is 14.4 Å². The third-order valence-corrected chi connectivity index (χ3v) is 3.38. The molecule has 0 aliphatic rings. The van der Waals surface area contributed by atoms with E-state index < -0.39 is 0 Å². The maximum Gasteiger partial charge on any atom is 0.250 e. The second-order valence-electron chi connectivity index (χ2n) is 5.29. The second kappa shape index (κ2) is 7.40. The van der Waals surface area contributed by atoms with Crippen molar-refractivity contribution in [1.82, 2.24) is 9.47 Å². The molecule has 1 N–H and O–H groups in total. The lowest BCUT2D eigenvalue weighted by atomic mass is 10.2. The zero-order valence-corrected chi connectivity index (χ0v) is 13.2. The number of hydrogen-bond donors (Lipinski definition) is 1. The molecule has 23 heavy (non-hydrogen) atoms. The van der Waals surface area contributed by atoms with Gasteiger partial charge in [-0.3, -0.25) is 14.4 Å². The maximum absolute atomic E-state index is 12.0. The highest BCUT2D eigenvalue weighted by molar-refractivity contribution is 5.90. The van der Waals surface area contributed by atoms with Crippen molar-refractivity contribution in [3.05, 3.63) is 64.6 Å². The number of carbonyl (C=O) groups is 2. The van der Waals surface area contributed by atoms with Gasteiger partial charge in [0.05, 0.1) is 0 Å². The summed E-state index contributed by atoms with van der Waals surface area (Å²) >= 11 is 0. The van der Waals surface area contributed by atoms with Crippen molar-refractivity contribution < 1.29 is 9.59 Å². The molecule has 1 aromatic heterocycles. The number of carbonyl (C=O) groups excluding carboxylic acids is 2. The molecule has 0 unspecified atom stereocenters. The number of rotatable bonds is 5. The summed E-state index contributed by atoms with van der Waals surface area (Å²) in [6.07, 6.45) is 1.57. The van der Waals surface area contributed by atoms with E-state index in [-0.39, 0.29) is 23.9 Å². The Morgan fingerprint density at radius 3 is 2.65 bits per heavy atom. The van der Waals surface area contributed by atoms with Gasteiger partial charge in [-0.2, -0.15) is 0 Å². The summed E-state index contributed by atoms with van der Waals surface area (Å²) in [6, 6.07) is 12.0. The molecule has 0 aliphatic carbocycles. The van der Waals surface area contributed by atoms with Gasteiger partial charge < -0.3 is 14.8 Å². The van der Waals surface area contributed by atoms with Crippen LogP contribution >= 0.6 is 0 Å². The Morgan fingerprint density at radius 1 is 1.17 bits per heavy atom. The third-order valence-electron chi connectivity index (χ3n) is 3.38. The average Bonchev–Trinajstić information content (AvgIpc) is 2.49. The van der Waals surface area contributed by atoms with Gasteiger partial charge in [0.2, 0.25) is 11.8 Å². The summed E-state index contributed by atoms with van der Waals surface area (Å²) in [5, 5.41) is 2.76. The van der Waals surface area contributed by atoms with Gasteiger partial charge in [0.15, 0.2) is 0 Å². The van der Waals surface area contributed by atoms with Gasteiger partial charge in [-0.25, -0.2) is 0 Å². The first-order valence-corrected chi connectivity index (χ1v) is 7.21. The van der Waals surface area contributed by atoms with Crippen LogP contribution in [0.25, 0.3) is 0 Å². The fourth-order valence-electron chi connectivity index (χ4n) is 2.08. The summed E-state index contributed by atoms with van der Waals surface area (Å²) < 4.78 is 1.34. The largest absolute Gasteiger partial charge is 0.342 e. The van der Waals surface area contributed by atoms with E-state index in [1.807, 2.05) is 18.2 Å². The van der Waals surface area contributed by atoms with Crippen molar-refractivity contribution in [3.8, 4) is 0 Å². The highest BCUT2D eigenvalue weighted by atomic mass is 16.2. The molecule has 120 valence electrons. The lowest BCUT2D eigenvalue weighted by molar-refractivity contribution is -0.128. The molecule has 0 spiro atoms. The first-order chi connectivity index (χ1) is 11.0. The molecule has 6 nitrogen and oxygen atoms in total. The van der Waals surface area contributed by atoms with Crippen molar-refractivity contribution in [2.75, 3.05) is 12.4 Å². The van der Waals surface area contributed by atoms with Gasteiger partial charge in [0, 0.05) is 38.5 Å². The molecule has 0 bridgehead atoms. The van der Waals surface area contributed by atoms with Gasteiger partial charge >= 0.3 is 0 Å². The number of aromatic nitrogens is 1. The number of nitrogens with zero attached hydrogens (tertiary/aromatic N) is 2. The Morgan fingerprint density at radius 2 is 1.96 bits per heavy atom. The summed E-state index contributed by atoms with van der Waals surface area (Å²) in [5.74, 6) is -0.307. The van der Waals surface area contributed by atoms with Crippen LogP contribution < -0.4 is 10.9 Å². The van der Waals surface area contributed by atoms with E-state index in [1.54, 1.807) is 36.3 Å². The molecule has 0 radical (unpaired) electrons. The summed E-state index contributed by atoms with van der Waals surface area (Å²) in [4.78, 5) is 36.5. The number of amides is 2. The van der Waals surface area contributed by atoms with Crippen molar-refractivity contribution in [1.29, 1.82) is 0 Å². The van der Waals surface area contributed by atoms with Gasteiger partial charge in [-0.15, -0.1) is 0 Å². The predicted octanol–water partition coefficient (Wildman–Crippen LogP) is 1.47. The molecule has 2 amide bonds. The lowest BCUT2D eigenvalue weighted by Crippen LogP contribution is -2.26. The van der Waals surface area contributed by atoms with Gasteiger partial charge in [-0.05, 0) is 23.8 Å². The number of nitrogens with one attached hydrogen (secondary N) is 1. The van der Waals surface area contributed by atoms with Crippen LogP contribution in [0.15, 0.2) is 53.5 Å². The molecule has 2 rings (SSSR count). The number of benzene rings is 1. The Bertz CT molecular complexity index is 767. The van der Waals surface area contributed by atoms with Crippen LogP contribution in [0.5, 0.6) is 0 Å². The first kappa shape index (κ1) is 16.5. The van der Waals surface area contributed by atoms with Crippen LogP contribution in [0.3, 0.4) is 0 Å². The quantitative estimate of drug-likeness (QED) is 0.908. The van der Waals surface area contributed by atoms with Gasteiger partial charge in [0.25, 0.3) is 5.56 Å². The molecular weight excluding hydrogens is 294 g/mol. The highest BCUT2D eigenvalue weighted by Gasteiger charge is 2.07. The van der Waals surface area contributed by atoms with E-state index in [2.05, 4.69) is 5.32 Å². The van der Waals surface area contributed by atoms with Crippen molar-refractivity contribution in [3.63, 3.8) is 0 Å². The van der Waals surface area contributed by atoms with Crippen molar-refractivity contribution >= 4 is 17.5 Å². The second-order valence-corrected chi connectivity index (χ2v) is 5.29. The smallest absolute Gasteiger partial charge is 0.250 e. The fourth-order valence-corrected chi connectivity index (χ4v) is 2.08. The minimum absolute atomic E-state index is 0.0251. The monoisotopic (exact) mass is 313 g/mol. The SMILES string of the molecule is CC(=O)N(C)Cc1cccc(NC(=O)Cn2ccccc2=O)c1. The molecule has 0 saturated heterocycles. The molecule has 0 atom stereocenters. The minimum Gasteiger partial charge on any atom is -0.342 e. The molecular formula is C17H19N3O3. The van der Waals surface area contributed by atoms with Crippen LogP contribution in [0.4, 0.5) is 5.69 Å². The molecule has 0 fully saturated rings. The van der Waals surface area contributed by atoms with Crippen LogP contribution in [0, 0.1) is 0 Å². The van der Waals surface area contributed by atoms with E-state index in [4.69, 9.17) is 0 Å². The highest BCUT2D eigenvalue weighted by Crippen LogP contribution is 2.12. The van der Waals surface area contributed by atoms with Crippen LogP contribution in [-0.2, 0) is 22.7 Å². The van der Waals surface area contributed by atoms with E-state index in [1.165, 1.54) is 17.6 Å². The summed E-state index contributed by atoms with van der Waals surface area (Å²) in [5.41, 5.74) is 1.32. The Balaban J connectivity index is 2.02. The molecule has 0 saturated carbocycles. The zero-order chi connectivity index (χ0) is 16.8. The summed E-state index contributed by atoms with van der Waals surface area (Å²) in [7, 11) is 1.72. The van der Waals surface area contributed by atoms with Gasteiger partial charge in [-0.1, -0.05) is 18.2 Å². The Hall–Kier alpha value is -2.89. The zero-order valence-electron chi connectivity index (χ0n) is 13.2. The molecule has 1 heterocycles. The Labute approximate surface area is 134 Å². The molecule has 1 aromatic carbocycles. The van der Waals surface area contributed by atoms with Crippen molar-refractivity contribution in [2.24, 2.45) is 0 Å². The average molecular weight is 313 g/mol. The van der Waals surface area contributed by atoms with E-state index in [0.29, 0.717) is 12.2 Å². The first-order valence-electron chi connectivity index (χ1n) is 7.21. The lowest BCUT2D eigenvalue weighted by Gasteiger charge is -2.15. The number of pyridine rings is 1. The van der Waals surface area contributed by atoms with Crippen LogP contribution in [0.1, 0.15) is 12.5 Å². The minimum atomic E-state index is -0.282. The predicted molar refractivity (Wildman–Crippen MR) is 87.9 cm³/mol. The standard InChI is InChI=1S/C17H19N3O3/c1-13(21)19(2)11-14-6-5-7-15(10-14)18-16(22)12-20-9-4-3-8-17(20)23/h3-10H,11-12H2,1-2H3,(H,18,22). The number of anilines is 1. The maximum atomic E-state index is 12.0. The topological polar surface area (TPSA) is 71.4 Å². The number of hydrogen-bond acceptors (Lipinski definition) is 3. The van der Waals surface area contributed by atoms with Crippen LogP contribution in [-0.4, -0.2) is 28.3 Å². The van der Waals surface area contributed by atoms with E-state index in [0.717, 1.165) is 5.56 Å². The Kier molecular flexibility index (Phi) is 5.30. The molecule has 6 heteroatoms.